The maximum absolute atomic E-state index is 11.7. The first-order valence-electron chi connectivity index (χ1n) is 7.50. The number of ether oxygens (including phenoxy) is 2. The Balaban J connectivity index is 1.78. The molecule has 5 unspecified atom stereocenters. The molecule has 0 aliphatic heterocycles. The van der Waals surface area contributed by atoms with Gasteiger partial charge in [-0.2, -0.15) is 0 Å². The molecule has 2 fully saturated rings. The summed E-state index contributed by atoms with van der Waals surface area (Å²) in [5.74, 6) is 4.16. The number of carbonyl (C=O) groups excluding carboxylic acids is 1. The highest BCUT2D eigenvalue weighted by Crippen LogP contribution is 2.54. The fourth-order valence-corrected chi connectivity index (χ4v) is 3.95. The van der Waals surface area contributed by atoms with Gasteiger partial charge in [-0.3, -0.25) is 0 Å². The molecule has 2 bridgehead atoms. The zero-order chi connectivity index (χ0) is 14.0. The van der Waals surface area contributed by atoms with Crippen molar-refractivity contribution in [3.8, 4) is 0 Å². The van der Waals surface area contributed by atoms with E-state index in [1.807, 2.05) is 6.92 Å². The standard InChI is InChI=1S/C16H26O3/c1-5-18-10(2)6-16(17)19-9-14-7-13-8-15(14)12(4)11(13)3/h6,11-15H,5,7-9H2,1-4H3/b10-6+. The third kappa shape index (κ3) is 3.13. The summed E-state index contributed by atoms with van der Waals surface area (Å²) in [6, 6.07) is 0. The molecule has 108 valence electrons. The van der Waals surface area contributed by atoms with Crippen LogP contribution < -0.4 is 0 Å². The molecule has 0 aromatic carbocycles. The quantitative estimate of drug-likeness (QED) is 0.434. The van der Waals surface area contributed by atoms with Crippen molar-refractivity contribution in [2.75, 3.05) is 13.2 Å². The van der Waals surface area contributed by atoms with E-state index in [9.17, 15) is 4.79 Å². The number of esters is 1. The number of hydrogen-bond donors (Lipinski definition) is 0. The summed E-state index contributed by atoms with van der Waals surface area (Å²) in [5.41, 5.74) is 0. The molecule has 0 heterocycles. The predicted octanol–water partition coefficient (Wildman–Crippen LogP) is 3.40. The largest absolute Gasteiger partial charge is 0.498 e. The molecule has 2 rings (SSSR count). The second kappa shape index (κ2) is 5.98. The maximum atomic E-state index is 11.7. The number of hydrogen-bond acceptors (Lipinski definition) is 3. The van der Waals surface area contributed by atoms with E-state index in [2.05, 4.69) is 13.8 Å². The van der Waals surface area contributed by atoms with Gasteiger partial charge in [-0.1, -0.05) is 13.8 Å². The minimum Gasteiger partial charge on any atom is -0.498 e. The Morgan fingerprint density at radius 2 is 1.95 bits per heavy atom. The summed E-state index contributed by atoms with van der Waals surface area (Å²) in [4.78, 5) is 11.7. The summed E-state index contributed by atoms with van der Waals surface area (Å²) >= 11 is 0. The fourth-order valence-electron chi connectivity index (χ4n) is 3.95. The minimum absolute atomic E-state index is 0.269. The molecule has 0 aromatic rings. The molecule has 0 saturated heterocycles. The van der Waals surface area contributed by atoms with Gasteiger partial charge in [0.1, 0.15) is 5.76 Å². The van der Waals surface area contributed by atoms with E-state index >= 15 is 0 Å². The number of fused-ring (bicyclic) bond motifs is 2. The number of rotatable bonds is 5. The molecule has 19 heavy (non-hydrogen) atoms. The van der Waals surface area contributed by atoms with Crippen molar-refractivity contribution < 1.29 is 14.3 Å². The second-order valence-electron chi connectivity index (χ2n) is 6.19. The average molecular weight is 266 g/mol. The number of allylic oxidation sites excluding steroid dienone is 1. The van der Waals surface area contributed by atoms with Gasteiger partial charge in [0.05, 0.1) is 19.3 Å². The smallest absolute Gasteiger partial charge is 0.334 e. The fraction of sp³-hybridized carbons (Fsp3) is 0.812. The molecular formula is C16H26O3. The van der Waals surface area contributed by atoms with Gasteiger partial charge >= 0.3 is 5.97 Å². The van der Waals surface area contributed by atoms with Crippen LogP contribution in [-0.2, 0) is 14.3 Å². The van der Waals surface area contributed by atoms with Gasteiger partial charge in [-0.05, 0) is 56.3 Å². The summed E-state index contributed by atoms with van der Waals surface area (Å²) in [6.45, 7) is 9.56. The minimum atomic E-state index is -0.269. The van der Waals surface area contributed by atoms with Gasteiger partial charge in [-0.25, -0.2) is 4.79 Å². The first-order valence-corrected chi connectivity index (χ1v) is 7.50. The first kappa shape index (κ1) is 14.4. The molecule has 0 spiro atoms. The van der Waals surface area contributed by atoms with Gasteiger partial charge in [0.2, 0.25) is 0 Å². The SMILES string of the molecule is CCO/C(C)=C/C(=O)OCC1CC2CC1C(C)C2C. The third-order valence-corrected chi connectivity index (χ3v) is 5.17. The Morgan fingerprint density at radius 1 is 1.21 bits per heavy atom. The Hall–Kier alpha value is -0.990. The van der Waals surface area contributed by atoms with Crippen molar-refractivity contribution in [1.82, 2.24) is 0 Å². The van der Waals surface area contributed by atoms with Crippen LogP contribution >= 0.6 is 0 Å². The van der Waals surface area contributed by atoms with Crippen molar-refractivity contribution >= 4 is 5.97 Å². The summed E-state index contributed by atoms with van der Waals surface area (Å²) in [5, 5.41) is 0. The van der Waals surface area contributed by atoms with E-state index in [0.29, 0.717) is 24.9 Å². The summed E-state index contributed by atoms with van der Waals surface area (Å²) in [7, 11) is 0. The van der Waals surface area contributed by atoms with E-state index in [0.717, 1.165) is 23.7 Å². The van der Waals surface area contributed by atoms with Crippen molar-refractivity contribution in [3.63, 3.8) is 0 Å². The van der Waals surface area contributed by atoms with Gasteiger partial charge in [-0.15, -0.1) is 0 Å². The first-order chi connectivity index (χ1) is 9.02. The van der Waals surface area contributed by atoms with Gasteiger partial charge in [0, 0.05) is 0 Å². The predicted molar refractivity (Wildman–Crippen MR) is 74.4 cm³/mol. The van der Waals surface area contributed by atoms with Crippen molar-refractivity contribution in [1.29, 1.82) is 0 Å². The van der Waals surface area contributed by atoms with Crippen molar-refractivity contribution in [3.05, 3.63) is 11.8 Å². The number of carbonyl (C=O) groups is 1. The second-order valence-corrected chi connectivity index (χ2v) is 6.19. The lowest BCUT2D eigenvalue weighted by molar-refractivity contribution is -0.140. The molecule has 3 nitrogen and oxygen atoms in total. The van der Waals surface area contributed by atoms with Crippen LogP contribution in [0.5, 0.6) is 0 Å². The van der Waals surface area contributed by atoms with E-state index < -0.39 is 0 Å². The van der Waals surface area contributed by atoms with Crippen molar-refractivity contribution in [2.45, 2.75) is 40.5 Å². The maximum Gasteiger partial charge on any atom is 0.334 e. The van der Waals surface area contributed by atoms with Crippen LogP contribution in [0.25, 0.3) is 0 Å². The zero-order valence-corrected chi connectivity index (χ0v) is 12.5. The lowest BCUT2D eigenvalue weighted by Gasteiger charge is -2.31. The lowest BCUT2D eigenvalue weighted by atomic mass is 9.76. The van der Waals surface area contributed by atoms with Crippen molar-refractivity contribution in [2.24, 2.45) is 29.6 Å². The van der Waals surface area contributed by atoms with Crippen LogP contribution in [0.15, 0.2) is 11.8 Å². The van der Waals surface area contributed by atoms with Crippen LogP contribution in [0.3, 0.4) is 0 Å². The Kier molecular flexibility index (Phi) is 4.54. The Labute approximate surface area is 116 Å². The molecule has 0 amide bonds. The monoisotopic (exact) mass is 266 g/mol. The van der Waals surface area contributed by atoms with E-state index in [4.69, 9.17) is 9.47 Å². The van der Waals surface area contributed by atoms with Gasteiger partial charge in [0.25, 0.3) is 0 Å². The molecule has 0 aromatic heterocycles. The molecule has 2 aliphatic rings. The molecular weight excluding hydrogens is 240 g/mol. The molecule has 0 radical (unpaired) electrons. The average Bonchev–Trinajstić information content (AvgIpc) is 2.88. The van der Waals surface area contributed by atoms with Gasteiger partial charge < -0.3 is 9.47 Å². The highest BCUT2D eigenvalue weighted by Gasteiger charge is 2.48. The molecule has 2 aliphatic carbocycles. The van der Waals surface area contributed by atoms with Crippen LogP contribution in [0, 0.1) is 29.6 Å². The van der Waals surface area contributed by atoms with E-state index in [1.165, 1.54) is 18.9 Å². The van der Waals surface area contributed by atoms with E-state index in [-0.39, 0.29) is 5.97 Å². The van der Waals surface area contributed by atoms with Crippen LogP contribution in [-0.4, -0.2) is 19.2 Å². The molecule has 2 saturated carbocycles. The summed E-state index contributed by atoms with van der Waals surface area (Å²) < 4.78 is 10.6. The zero-order valence-electron chi connectivity index (χ0n) is 12.5. The molecule has 5 atom stereocenters. The summed E-state index contributed by atoms with van der Waals surface area (Å²) in [6.07, 6.45) is 4.01. The highest BCUT2D eigenvalue weighted by molar-refractivity contribution is 5.82. The van der Waals surface area contributed by atoms with Crippen LogP contribution in [0.4, 0.5) is 0 Å². The van der Waals surface area contributed by atoms with E-state index in [1.54, 1.807) is 6.92 Å². The molecule has 0 N–H and O–H groups in total. The van der Waals surface area contributed by atoms with Crippen LogP contribution in [0.2, 0.25) is 0 Å². The third-order valence-electron chi connectivity index (χ3n) is 5.17. The van der Waals surface area contributed by atoms with Crippen LogP contribution in [0.1, 0.15) is 40.5 Å². The molecule has 3 heteroatoms. The van der Waals surface area contributed by atoms with Gasteiger partial charge in [0.15, 0.2) is 0 Å². The topological polar surface area (TPSA) is 35.5 Å². The Bertz CT molecular complexity index is 359. The highest BCUT2D eigenvalue weighted by atomic mass is 16.5. The Morgan fingerprint density at radius 3 is 2.53 bits per heavy atom. The normalized spacial score (nSPS) is 37.5. The lowest BCUT2D eigenvalue weighted by Crippen LogP contribution is -2.28.